The Balaban J connectivity index is 1.67. The highest BCUT2D eigenvalue weighted by Gasteiger charge is 2.47. The van der Waals surface area contributed by atoms with E-state index in [0.717, 1.165) is 5.56 Å². The van der Waals surface area contributed by atoms with E-state index in [9.17, 15) is 14.4 Å². The van der Waals surface area contributed by atoms with E-state index >= 15 is 0 Å². The molecule has 0 saturated carbocycles. The number of nitrogens with zero attached hydrogens (tertiary/aromatic N) is 1. The van der Waals surface area contributed by atoms with Gasteiger partial charge in [0, 0.05) is 0 Å². The van der Waals surface area contributed by atoms with Gasteiger partial charge in [-0.1, -0.05) is 19.9 Å². The standard InChI is InChI=1S/C18H21NO7/c1-10(2)11-3-4-12-14(7-11)24-8-13-15(26-18(23)19(12)13)9-25-17(22)6-5-16(20)21/h3-4,7,10,13,15H,5-6,8-9H2,1-2H3,(H,20,21). The largest absolute Gasteiger partial charge is 0.489 e. The summed E-state index contributed by atoms with van der Waals surface area (Å²) in [5.41, 5.74) is 1.74. The number of hydrogen-bond acceptors (Lipinski definition) is 6. The molecule has 0 bridgehead atoms. The highest BCUT2D eigenvalue weighted by Crippen LogP contribution is 2.40. The number of benzene rings is 1. The van der Waals surface area contributed by atoms with Gasteiger partial charge in [0.1, 0.15) is 25.0 Å². The van der Waals surface area contributed by atoms with Crippen LogP contribution in [0.4, 0.5) is 10.5 Å². The zero-order valence-electron chi connectivity index (χ0n) is 14.6. The summed E-state index contributed by atoms with van der Waals surface area (Å²) in [4.78, 5) is 35.9. The van der Waals surface area contributed by atoms with Gasteiger partial charge in [-0.15, -0.1) is 0 Å². The lowest BCUT2D eigenvalue weighted by molar-refractivity contribution is -0.149. The lowest BCUT2D eigenvalue weighted by atomic mass is 10.0. The van der Waals surface area contributed by atoms with Crippen molar-refractivity contribution in [2.24, 2.45) is 0 Å². The number of esters is 1. The van der Waals surface area contributed by atoms with E-state index in [4.69, 9.17) is 19.3 Å². The van der Waals surface area contributed by atoms with Crippen molar-refractivity contribution >= 4 is 23.7 Å². The molecule has 1 fully saturated rings. The van der Waals surface area contributed by atoms with Crippen LogP contribution >= 0.6 is 0 Å². The van der Waals surface area contributed by atoms with Crippen molar-refractivity contribution < 1.29 is 33.7 Å². The summed E-state index contributed by atoms with van der Waals surface area (Å²) >= 11 is 0. The molecular weight excluding hydrogens is 342 g/mol. The van der Waals surface area contributed by atoms with Crippen molar-refractivity contribution in [1.82, 2.24) is 0 Å². The molecule has 2 unspecified atom stereocenters. The monoisotopic (exact) mass is 363 g/mol. The van der Waals surface area contributed by atoms with Gasteiger partial charge in [-0.25, -0.2) is 4.79 Å². The molecule has 140 valence electrons. The Kier molecular flexibility index (Phi) is 5.01. The van der Waals surface area contributed by atoms with Crippen LogP contribution in [0.5, 0.6) is 5.75 Å². The number of amides is 1. The number of rotatable bonds is 6. The minimum absolute atomic E-state index is 0.131. The number of carbonyl (C=O) groups is 3. The number of ether oxygens (including phenoxy) is 3. The van der Waals surface area contributed by atoms with Crippen molar-refractivity contribution in [1.29, 1.82) is 0 Å². The second kappa shape index (κ2) is 7.23. The maximum absolute atomic E-state index is 12.3. The molecule has 0 radical (unpaired) electrons. The van der Waals surface area contributed by atoms with Gasteiger partial charge < -0.3 is 19.3 Å². The normalized spacial score (nSPS) is 20.9. The molecule has 3 rings (SSSR count). The summed E-state index contributed by atoms with van der Waals surface area (Å²) in [6.07, 6.45) is -1.69. The molecule has 0 aliphatic carbocycles. The molecular formula is C18H21NO7. The molecule has 1 aromatic rings. The van der Waals surface area contributed by atoms with Gasteiger partial charge >= 0.3 is 18.0 Å². The number of cyclic esters (lactones) is 1. The van der Waals surface area contributed by atoms with Gasteiger partial charge in [0.2, 0.25) is 0 Å². The van der Waals surface area contributed by atoms with Gasteiger partial charge in [-0.3, -0.25) is 14.5 Å². The number of carboxylic acid groups (broad SMARTS) is 1. The summed E-state index contributed by atoms with van der Waals surface area (Å²) in [5.74, 6) is -0.743. The van der Waals surface area contributed by atoms with E-state index < -0.39 is 30.2 Å². The maximum atomic E-state index is 12.3. The summed E-state index contributed by atoms with van der Waals surface area (Å²) in [6.45, 7) is 4.25. The molecule has 2 atom stereocenters. The van der Waals surface area contributed by atoms with Crippen LogP contribution in [-0.2, 0) is 19.1 Å². The number of anilines is 1. The number of carbonyl (C=O) groups excluding carboxylic acids is 2. The number of aliphatic carboxylic acids is 1. The highest BCUT2D eigenvalue weighted by atomic mass is 16.6. The Bertz CT molecular complexity index is 730. The minimum Gasteiger partial charge on any atom is -0.489 e. The predicted octanol–water partition coefficient (Wildman–Crippen LogP) is 2.30. The van der Waals surface area contributed by atoms with Crippen LogP contribution in [0.15, 0.2) is 18.2 Å². The van der Waals surface area contributed by atoms with Crippen LogP contribution in [0.3, 0.4) is 0 Å². The van der Waals surface area contributed by atoms with Gasteiger partial charge in [0.25, 0.3) is 0 Å². The van der Waals surface area contributed by atoms with Gasteiger partial charge in [0.05, 0.1) is 18.5 Å². The quantitative estimate of drug-likeness (QED) is 0.774. The average Bonchev–Trinajstić information content (AvgIpc) is 2.93. The van der Waals surface area contributed by atoms with Gasteiger partial charge in [0.15, 0.2) is 6.10 Å². The SMILES string of the molecule is CC(C)c1ccc2c(c1)OCC1C(COC(=O)CCC(=O)O)OC(=O)N21. The number of hydrogen-bond donors (Lipinski definition) is 1. The smallest absolute Gasteiger partial charge is 0.415 e. The van der Waals surface area contributed by atoms with Crippen molar-refractivity contribution in [3.63, 3.8) is 0 Å². The molecule has 2 aliphatic heterocycles. The fourth-order valence-corrected chi connectivity index (χ4v) is 3.01. The molecule has 8 nitrogen and oxygen atoms in total. The molecule has 1 amide bonds. The van der Waals surface area contributed by atoms with E-state index in [0.29, 0.717) is 17.4 Å². The molecule has 26 heavy (non-hydrogen) atoms. The third-order valence-corrected chi connectivity index (χ3v) is 4.48. The van der Waals surface area contributed by atoms with Crippen molar-refractivity contribution in [3.8, 4) is 5.75 Å². The summed E-state index contributed by atoms with van der Waals surface area (Å²) in [7, 11) is 0. The van der Waals surface area contributed by atoms with E-state index in [1.807, 2.05) is 18.2 Å². The Labute approximate surface area is 150 Å². The fourth-order valence-electron chi connectivity index (χ4n) is 3.01. The van der Waals surface area contributed by atoms with Crippen molar-refractivity contribution in [2.45, 2.75) is 44.8 Å². The molecule has 2 aliphatic rings. The number of carboxylic acids is 1. The first-order valence-corrected chi connectivity index (χ1v) is 8.51. The molecule has 1 saturated heterocycles. The Hall–Kier alpha value is -2.77. The second-order valence-corrected chi connectivity index (χ2v) is 6.63. The first-order valence-electron chi connectivity index (χ1n) is 8.51. The summed E-state index contributed by atoms with van der Waals surface area (Å²) in [5, 5.41) is 8.58. The minimum atomic E-state index is -1.07. The van der Waals surface area contributed by atoms with Crippen molar-refractivity contribution in [3.05, 3.63) is 23.8 Å². The van der Waals surface area contributed by atoms with E-state index in [-0.39, 0.29) is 26.1 Å². The highest BCUT2D eigenvalue weighted by molar-refractivity contribution is 5.93. The zero-order chi connectivity index (χ0) is 18.8. The van der Waals surface area contributed by atoms with Gasteiger partial charge in [-0.05, 0) is 23.6 Å². The van der Waals surface area contributed by atoms with Crippen LogP contribution in [0.2, 0.25) is 0 Å². The van der Waals surface area contributed by atoms with E-state index in [1.54, 1.807) is 0 Å². The van der Waals surface area contributed by atoms with Crippen LogP contribution in [0, 0.1) is 0 Å². The molecule has 0 aromatic heterocycles. The number of fused-ring (bicyclic) bond motifs is 3. The maximum Gasteiger partial charge on any atom is 0.415 e. The Morgan fingerprint density at radius 3 is 2.81 bits per heavy atom. The van der Waals surface area contributed by atoms with Crippen LogP contribution < -0.4 is 9.64 Å². The van der Waals surface area contributed by atoms with Crippen LogP contribution in [-0.4, -0.2) is 48.5 Å². The Morgan fingerprint density at radius 2 is 2.12 bits per heavy atom. The van der Waals surface area contributed by atoms with Crippen molar-refractivity contribution in [2.75, 3.05) is 18.1 Å². The van der Waals surface area contributed by atoms with Crippen LogP contribution in [0.25, 0.3) is 0 Å². The lowest BCUT2D eigenvalue weighted by Crippen LogP contribution is -2.45. The first-order chi connectivity index (χ1) is 12.4. The van der Waals surface area contributed by atoms with Gasteiger partial charge in [-0.2, -0.15) is 0 Å². The van der Waals surface area contributed by atoms with E-state index in [1.165, 1.54) is 4.90 Å². The predicted molar refractivity (Wildman–Crippen MR) is 90.4 cm³/mol. The third kappa shape index (κ3) is 3.58. The van der Waals surface area contributed by atoms with E-state index in [2.05, 4.69) is 13.8 Å². The third-order valence-electron chi connectivity index (χ3n) is 4.48. The molecule has 0 spiro atoms. The lowest BCUT2D eigenvalue weighted by Gasteiger charge is -2.31. The molecule has 1 aromatic carbocycles. The fraction of sp³-hybridized carbons (Fsp3) is 0.500. The van der Waals surface area contributed by atoms with Crippen LogP contribution in [0.1, 0.15) is 38.2 Å². The molecule has 2 heterocycles. The summed E-state index contributed by atoms with van der Waals surface area (Å²) < 4.78 is 16.2. The second-order valence-electron chi connectivity index (χ2n) is 6.63. The zero-order valence-corrected chi connectivity index (χ0v) is 14.6. The molecule has 1 N–H and O–H groups in total. The molecule has 8 heteroatoms. The Morgan fingerprint density at radius 1 is 1.35 bits per heavy atom. The summed E-state index contributed by atoms with van der Waals surface area (Å²) in [6, 6.07) is 5.30. The topological polar surface area (TPSA) is 102 Å². The average molecular weight is 363 g/mol. The first kappa shape index (κ1) is 18.0.